The van der Waals surface area contributed by atoms with E-state index in [-0.39, 0.29) is 17.3 Å². The van der Waals surface area contributed by atoms with Crippen LogP contribution in [0.1, 0.15) is 53.0 Å². The number of aromatic carboxylic acids is 1. The number of carbonyl (C=O) groups excluding carboxylic acids is 1. The van der Waals surface area contributed by atoms with E-state index in [9.17, 15) is 22.8 Å². The summed E-state index contributed by atoms with van der Waals surface area (Å²) in [5.41, 5.74) is 2.40. The number of nitrogens with two attached hydrogens (primary N) is 1. The van der Waals surface area contributed by atoms with Gasteiger partial charge in [0.05, 0.1) is 16.7 Å². The smallest absolute Gasteiger partial charge is 0.417 e. The first-order chi connectivity index (χ1) is 10.1. The maximum atomic E-state index is 12.9. The number of amides is 1. The van der Waals surface area contributed by atoms with Gasteiger partial charge in [-0.15, -0.1) is 0 Å². The third kappa shape index (κ3) is 3.90. The van der Waals surface area contributed by atoms with Gasteiger partial charge in [0, 0.05) is 11.7 Å². The Morgan fingerprint density at radius 1 is 1.23 bits per heavy atom. The van der Waals surface area contributed by atoms with Gasteiger partial charge in [0.2, 0.25) is 0 Å². The van der Waals surface area contributed by atoms with Gasteiger partial charge in [-0.25, -0.2) is 4.79 Å². The summed E-state index contributed by atoms with van der Waals surface area (Å²) in [5.74, 6) is -2.79. The van der Waals surface area contributed by atoms with Crippen LogP contribution in [0.2, 0.25) is 0 Å². The molecular weight excluding hydrogens is 301 g/mol. The highest BCUT2D eigenvalue weighted by Gasteiger charge is 2.37. The first-order valence-electron chi connectivity index (χ1n) is 6.66. The minimum Gasteiger partial charge on any atom is -0.478 e. The highest BCUT2D eigenvalue weighted by molar-refractivity contribution is 6.01. The third-order valence-corrected chi connectivity index (χ3v) is 3.30. The first kappa shape index (κ1) is 17.8. The number of alkyl halides is 3. The van der Waals surface area contributed by atoms with E-state index >= 15 is 0 Å². The van der Waals surface area contributed by atoms with Gasteiger partial charge in [-0.2, -0.15) is 13.2 Å². The fraction of sp³-hybridized carbons (Fsp3) is 0.429. The van der Waals surface area contributed by atoms with Gasteiger partial charge in [-0.05, 0) is 25.0 Å². The summed E-state index contributed by atoms with van der Waals surface area (Å²) in [4.78, 5) is 22.5. The van der Waals surface area contributed by atoms with Gasteiger partial charge in [-0.1, -0.05) is 13.8 Å². The van der Waals surface area contributed by atoms with Crippen molar-refractivity contribution >= 4 is 17.6 Å². The molecule has 0 aliphatic heterocycles. The molecule has 1 rings (SSSR count). The largest absolute Gasteiger partial charge is 0.478 e. The lowest BCUT2D eigenvalue weighted by molar-refractivity contribution is -0.138. The molecule has 0 unspecified atom stereocenters. The second-order valence-corrected chi connectivity index (χ2v) is 4.77. The van der Waals surface area contributed by atoms with Crippen LogP contribution in [0.15, 0.2) is 12.1 Å². The number of halogens is 3. The molecular formula is C14H17F3N2O3. The van der Waals surface area contributed by atoms with E-state index in [4.69, 9.17) is 10.8 Å². The van der Waals surface area contributed by atoms with E-state index in [0.29, 0.717) is 18.9 Å². The minimum absolute atomic E-state index is 0.00778. The van der Waals surface area contributed by atoms with Gasteiger partial charge in [0.1, 0.15) is 0 Å². The monoisotopic (exact) mass is 318 g/mol. The molecule has 0 saturated carbocycles. The molecule has 0 spiro atoms. The molecule has 0 bridgehead atoms. The Labute approximate surface area is 125 Å². The third-order valence-electron chi connectivity index (χ3n) is 3.30. The molecule has 0 fully saturated rings. The normalized spacial score (nSPS) is 11.5. The summed E-state index contributed by atoms with van der Waals surface area (Å²) in [5, 5.41) is 11.9. The Balaban J connectivity index is 3.53. The molecule has 1 amide bonds. The SMILES string of the molecule is CCC(CC)Nc1cc(C(=O)O)c(C(F)(F)F)cc1C(N)=O. The number of benzene rings is 1. The highest BCUT2D eigenvalue weighted by Crippen LogP contribution is 2.35. The van der Waals surface area contributed by atoms with E-state index < -0.39 is 29.2 Å². The zero-order valence-electron chi connectivity index (χ0n) is 12.1. The average Bonchev–Trinajstić information content (AvgIpc) is 2.42. The van der Waals surface area contributed by atoms with E-state index in [1.165, 1.54) is 0 Å². The molecule has 0 saturated heterocycles. The van der Waals surface area contributed by atoms with Crippen molar-refractivity contribution in [3.63, 3.8) is 0 Å². The van der Waals surface area contributed by atoms with Crippen LogP contribution in [0.3, 0.4) is 0 Å². The van der Waals surface area contributed by atoms with Crippen LogP contribution >= 0.6 is 0 Å². The zero-order valence-corrected chi connectivity index (χ0v) is 12.1. The molecule has 0 aliphatic rings. The minimum atomic E-state index is -4.90. The maximum absolute atomic E-state index is 12.9. The molecule has 1 aromatic rings. The van der Waals surface area contributed by atoms with Gasteiger partial charge in [0.25, 0.3) is 5.91 Å². The number of primary amides is 1. The van der Waals surface area contributed by atoms with Crippen molar-refractivity contribution in [2.75, 3.05) is 5.32 Å². The van der Waals surface area contributed by atoms with Gasteiger partial charge >= 0.3 is 12.1 Å². The van der Waals surface area contributed by atoms with Crippen LogP contribution in [0.5, 0.6) is 0 Å². The van der Waals surface area contributed by atoms with Crippen molar-refractivity contribution in [2.24, 2.45) is 5.73 Å². The summed E-state index contributed by atoms with van der Waals surface area (Å²) in [6, 6.07) is 1.18. The Kier molecular flexibility index (Phi) is 5.40. The molecule has 8 heteroatoms. The Hall–Kier alpha value is -2.25. The van der Waals surface area contributed by atoms with Crippen molar-refractivity contribution in [1.29, 1.82) is 0 Å². The zero-order chi connectivity index (χ0) is 17.1. The van der Waals surface area contributed by atoms with Crippen molar-refractivity contribution in [3.8, 4) is 0 Å². The highest BCUT2D eigenvalue weighted by atomic mass is 19.4. The fourth-order valence-electron chi connectivity index (χ4n) is 2.05. The molecule has 0 radical (unpaired) electrons. The summed E-state index contributed by atoms with van der Waals surface area (Å²) in [6.45, 7) is 3.71. The Morgan fingerprint density at radius 2 is 1.77 bits per heavy atom. The van der Waals surface area contributed by atoms with Crippen molar-refractivity contribution in [2.45, 2.75) is 38.9 Å². The Bertz CT molecular complexity index is 581. The lowest BCUT2D eigenvalue weighted by atomic mass is 9.99. The van der Waals surface area contributed by atoms with Crippen molar-refractivity contribution < 1.29 is 27.9 Å². The second kappa shape index (κ2) is 6.67. The maximum Gasteiger partial charge on any atom is 0.417 e. The number of hydrogen-bond acceptors (Lipinski definition) is 3. The number of anilines is 1. The molecule has 122 valence electrons. The van der Waals surface area contributed by atoms with Gasteiger partial charge in [-0.3, -0.25) is 4.79 Å². The van der Waals surface area contributed by atoms with E-state index in [2.05, 4.69) is 5.32 Å². The second-order valence-electron chi connectivity index (χ2n) is 4.77. The summed E-state index contributed by atoms with van der Waals surface area (Å²) < 4.78 is 38.8. The van der Waals surface area contributed by atoms with Crippen LogP contribution in [0.25, 0.3) is 0 Å². The molecule has 22 heavy (non-hydrogen) atoms. The average molecular weight is 318 g/mol. The van der Waals surface area contributed by atoms with Crippen LogP contribution in [-0.2, 0) is 6.18 Å². The lowest BCUT2D eigenvalue weighted by Gasteiger charge is -2.20. The molecule has 0 aromatic heterocycles. The fourth-order valence-corrected chi connectivity index (χ4v) is 2.05. The van der Waals surface area contributed by atoms with Crippen molar-refractivity contribution in [1.82, 2.24) is 0 Å². The quantitative estimate of drug-likeness (QED) is 0.751. The number of nitrogens with one attached hydrogen (secondary N) is 1. The summed E-state index contributed by atoms with van der Waals surface area (Å²) >= 11 is 0. The number of hydrogen-bond donors (Lipinski definition) is 3. The standard InChI is InChI=1S/C14H17F3N2O3/c1-3-7(4-2)19-11-6-8(13(21)22)10(14(15,16)17)5-9(11)12(18)20/h5-7,19H,3-4H2,1-2H3,(H2,18,20)(H,21,22). The number of carboxylic acids is 1. The van der Waals surface area contributed by atoms with Crippen LogP contribution in [-0.4, -0.2) is 23.0 Å². The van der Waals surface area contributed by atoms with Crippen molar-refractivity contribution in [3.05, 3.63) is 28.8 Å². The van der Waals surface area contributed by atoms with E-state index in [1.807, 2.05) is 13.8 Å². The molecule has 0 heterocycles. The molecule has 1 aromatic carbocycles. The predicted molar refractivity (Wildman–Crippen MR) is 74.9 cm³/mol. The number of carbonyl (C=O) groups is 2. The predicted octanol–water partition coefficient (Wildman–Crippen LogP) is 3.10. The van der Waals surface area contributed by atoms with Gasteiger partial charge in [0.15, 0.2) is 0 Å². The molecule has 5 nitrogen and oxygen atoms in total. The van der Waals surface area contributed by atoms with Gasteiger partial charge < -0.3 is 16.2 Å². The van der Waals surface area contributed by atoms with Crippen LogP contribution in [0.4, 0.5) is 18.9 Å². The summed E-state index contributed by atoms with van der Waals surface area (Å²) in [6.07, 6.45) is -3.60. The topological polar surface area (TPSA) is 92.4 Å². The molecule has 4 N–H and O–H groups in total. The number of carboxylic acid groups (broad SMARTS) is 1. The molecule has 0 atom stereocenters. The lowest BCUT2D eigenvalue weighted by Crippen LogP contribution is -2.23. The van der Waals surface area contributed by atoms with E-state index in [1.54, 1.807) is 0 Å². The summed E-state index contributed by atoms with van der Waals surface area (Å²) in [7, 11) is 0. The molecule has 0 aliphatic carbocycles. The number of rotatable bonds is 6. The van der Waals surface area contributed by atoms with Crippen LogP contribution < -0.4 is 11.1 Å². The van der Waals surface area contributed by atoms with E-state index in [0.717, 1.165) is 6.07 Å². The van der Waals surface area contributed by atoms with Crippen LogP contribution in [0, 0.1) is 0 Å². The first-order valence-corrected chi connectivity index (χ1v) is 6.66. The Morgan fingerprint density at radius 3 is 2.14 bits per heavy atom.